The van der Waals surface area contributed by atoms with Gasteiger partial charge in [-0.3, -0.25) is 0 Å². The summed E-state index contributed by atoms with van der Waals surface area (Å²) in [4.78, 5) is 2.00. The molecule has 0 bridgehead atoms. The summed E-state index contributed by atoms with van der Waals surface area (Å²) in [5, 5.41) is 13.2. The molecule has 0 radical (unpaired) electrons. The number of rotatable bonds is 8. The van der Waals surface area contributed by atoms with Crippen LogP contribution in [0.15, 0.2) is 42.1 Å². The van der Waals surface area contributed by atoms with Crippen molar-refractivity contribution in [2.75, 3.05) is 19.0 Å². The van der Waals surface area contributed by atoms with Crippen LogP contribution in [0, 0.1) is 6.92 Å². The number of nitrogens with one attached hydrogen (secondary N) is 1. The van der Waals surface area contributed by atoms with E-state index in [-0.39, 0.29) is 12.4 Å². The Labute approximate surface area is 189 Å². The Morgan fingerprint density at radius 3 is 2.25 bits per heavy atom. The maximum absolute atomic E-state index is 12.5. The van der Waals surface area contributed by atoms with Gasteiger partial charge in [0, 0.05) is 31.0 Å². The molecule has 0 aromatic heterocycles. The van der Waals surface area contributed by atoms with Gasteiger partial charge < -0.3 is 20.1 Å². The Morgan fingerprint density at radius 1 is 1.19 bits per heavy atom. The summed E-state index contributed by atoms with van der Waals surface area (Å²) in [6.45, 7) is 10.5. The number of anilines is 1. The molecule has 0 saturated carbocycles. The smallest absolute Gasteiger partial charge is 0.406 e. The fourth-order valence-corrected chi connectivity index (χ4v) is 3.50. The molecule has 178 valence electrons. The van der Waals surface area contributed by atoms with Crippen LogP contribution in [0.3, 0.4) is 0 Å². The molecule has 0 unspecified atom stereocenters. The third-order valence-corrected chi connectivity index (χ3v) is 5.00. The van der Waals surface area contributed by atoms with Crippen molar-refractivity contribution in [3.8, 4) is 16.9 Å². The first-order valence-corrected chi connectivity index (χ1v) is 10.8. The Balaban J connectivity index is 0.00000249. The van der Waals surface area contributed by atoms with Crippen LogP contribution in [-0.4, -0.2) is 25.6 Å². The van der Waals surface area contributed by atoms with E-state index in [1.807, 2.05) is 59.0 Å². The third kappa shape index (κ3) is 7.28. The van der Waals surface area contributed by atoms with Gasteiger partial charge in [-0.1, -0.05) is 38.5 Å². The van der Waals surface area contributed by atoms with Crippen molar-refractivity contribution in [2.45, 2.75) is 60.6 Å². The van der Waals surface area contributed by atoms with Gasteiger partial charge >= 0.3 is 6.36 Å². The number of alkyl halides is 3. The highest BCUT2D eigenvalue weighted by Gasteiger charge is 2.31. The van der Waals surface area contributed by atoms with E-state index in [4.69, 9.17) is 0 Å². The van der Waals surface area contributed by atoms with Crippen LogP contribution in [0.2, 0.25) is 0 Å². The summed E-state index contributed by atoms with van der Waals surface area (Å²) in [6.07, 6.45) is -1.78. The topological polar surface area (TPSA) is 44.7 Å². The van der Waals surface area contributed by atoms with E-state index in [1.165, 1.54) is 17.7 Å². The van der Waals surface area contributed by atoms with Crippen molar-refractivity contribution in [3.63, 3.8) is 0 Å². The minimum atomic E-state index is -4.72. The first-order valence-electron chi connectivity index (χ1n) is 10.8. The van der Waals surface area contributed by atoms with Gasteiger partial charge in [-0.25, -0.2) is 0 Å². The summed E-state index contributed by atoms with van der Waals surface area (Å²) in [5.41, 5.74) is 6.44. The van der Waals surface area contributed by atoms with Crippen LogP contribution in [0.5, 0.6) is 5.75 Å². The number of ether oxygens (including phenoxy) is 1. The molecule has 0 saturated heterocycles. The molecule has 32 heavy (non-hydrogen) atoms. The van der Waals surface area contributed by atoms with Crippen molar-refractivity contribution in [1.29, 1.82) is 0 Å². The number of aliphatic hydroxyl groups is 1. The van der Waals surface area contributed by atoms with E-state index in [0.29, 0.717) is 6.54 Å². The average molecular weight is 453 g/mol. The second-order valence-corrected chi connectivity index (χ2v) is 7.24. The van der Waals surface area contributed by atoms with Crippen molar-refractivity contribution >= 4 is 5.69 Å². The summed E-state index contributed by atoms with van der Waals surface area (Å²) < 4.78 is 41.4. The van der Waals surface area contributed by atoms with E-state index < -0.39 is 6.36 Å². The fourth-order valence-electron chi connectivity index (χ4n) is 3.50. The number of halogens is 3. The number of hydrogen-bond acceptors (Lipinski definition) is 4. The lowest BCUT2D eigenvalue weighted by Crippen LogP contribution is -2.17. The quantitative estimate of drug-likeness (QED) is 0.477. The normalized spacial score (nSPS) is 11.7. The van der Waals surface area contributed by atoms with Crippen LogP contribution >= 0.6 is 0 Å². The Morgan fingerprint density at radius 2 is 1.78 bits per heavy atom. The first-order chi connectivity index (χ1) is 15.1. The van der Waals surface area contributed by atoms with Gasteiger partial charge in [0.1, 0.15) is 5.75 Å². The van der Waals surface area contributed by atoms with Crippen LogP contribution in [-0.2, 0) is 13.2 Å². The molecule has 0 amide bonds. The molecular weight excluding hydrogens is 417 g/mol. The SMILES string of the molecule is CC.CC/C(C)=C/N(C)c1c(C)c(-c2ccc(OC(F)(F)F)cc2)cc(CNC)c1CO. The second kappa shape index (κ2) is 12.5. The van der Waals surface area contributed by atoms with Crippen molar-refractivity contribution in [1.82, 2.24) is 5.32 Å². The zero-order valence-corrected chi connectivity index (χ0v) is 20.0. The highest BCUT2D eigenvalue weighted by molar-refractivity contribution is 5.78. The predicted octanol–water partition coefficient (Wildman–Crippen LogP) is 6.55. The minimum Gasteiger partial charge on any atom is -0.406 e. The Kier molecular flexibility index (Phi) is 10.8. The van der Waals surface area contributed by atoms with Gasteiger partial charge in [-0.05, 0) is 67.8 Å². The highest BCUT2D eigenvalue weighted by atomic mass is 19.4. The minimum absolute atomic E-state index is 0.116. The van der Waals surface area contributed by atoms with Gasteiger partial charge in [0.05, 0.1) is 6.61 Å². The monoisotopic (exact) mass is 452 g/mol. The molecule has 0 atom stereocenters. The molecule has 0 aliphatic carbocycles. The van der Waals surface area contributed by atoms with Gasteiger partial charge in [0.25, 0.3) is 0 Å². The molecule has 2 aromatic rings. The molecule has 2 aromatic carbocycles. The van der Waals surface area contributed by atoms with Gasteiger partial charge in [0.2, 0.25) is 0 Å². The summed E-state index contributed by atoms with van der Waals surface area (Å²) in [5.74, 6) is -0.259. The zero-order chi connectivity index (χ0) is 24.5. The largest absolute Gasteiger partial charge is 0.573 e. The third-order valence-electron chi connectivity index (χ3n) is 5.00. The van der Waals surface area contributed by atoms with Gasteiger partial charge in [-0.2, -0.15) is 0 Å². The zero-order valence-electron chi connectivity index (χ0n) is 20.0. The first kappa shape index (κ1) is 27.5. The standard InChI is InChI=1S/C23H29F3N2O2.C2H6/c1-6-15(2)13-28(5)22-16(3)20(11-18(12-27-4)21(22)14-29)17-7-9-19(10-8-17)30-23(24,25)26;1-2/h7-11,13,27,29H,6,12,14H2,1-5H3;1-2H3/b15-13+;. The van der Waals surface area contributed by atoms with Gasteiger partial charge in [0.15, 0.2) is 0 Å². The summed E-state index contributed by atoms with van der Waals surface area (Å²) >= 11 is 0. The van der Waals surface area contributed by atoms with E-state index in [0.717, 1.165) is 39.9 Å². The van der Waals surface area contributed by atoms with Gasteiger partial charge in [-0.15, -0.1) is 13.2 Å². The maximum atomic E-state index is 12.5. The Hall–Kier alpha value is -2.51. The van der Waals surface area contributed by atoms with Crippen LogP contribution in [0.1, 0.15) is 50.8 Å². The van der Waals surface area contributed by atoms with Crippen molar-refractivity contribution in [3.05, 3.63) is 58.8 Å². The van der Waals surface area contributed by atoms with E-state index in [9.17, 15) is 18.3 Å². The molecule has 0 spiro atoms. The number of hydrogen-bond donors (Lipinski definition) is 2. The molecule has 0 heterocycles. The molecule has 7 heteroatoms. The molecular formula is C25H35F3N2O2. The van der Waals surface area contributed by atoms with Crippen LogP contribution in [0.4, 0.5) is 18.9 Å². The average Bonchev–Trinajstić information content (AvgIpc) is 2.75. The van der Waals surface area contributed by atoms with E-state index >= 15 is 0 Å². The van der Waals surface area contributed by atoms with Crippen LogP contribution < -0.4 is 15.0 Å². The lowest BCUT2D eigenvalue weighted by molar-refractivity contribution is -0.274. The lowest BCUT2D eigenvalue weighted by atomic mass is 9.91. The molecule has 0 aliphatic heterocycles. The van der Waals surface area contributed by atoms with E-state index in [1.54, 1.807) is 12.1 Å². The predicted molar refractivity (Wildman–Crippen MR) is 126 cm³/mol. The highest BCUT2D eigenvalue weighted by Crippen LogP contribution is 2.37. The number of nitrogens with zero attached hydrogens (tertiary/aromatic N) is 1. The molecule has 4 nitrogen and oxygen atoms in total. The number of benzene rings is 2. The lowest BCUT2D eigenvalue weighted by Gasteiger charge is -2.26. The summed E-state index contributed by atoms with van der Waals surface area (Å²) in [7, 11) is 3.77. The second-order valence-electron chi connectivity index (χ2n) is 7.24. The van der Waals surface area contributed by atoms with E-state index in [2.05, 4.69) is 17.0 Å². The van der Waals surface area contributed by atoms with Crippen molar-refractivity contribution in [2.24, 2.45) is 0 Å². The summed E-state index contributed by atoms with van der Waals surface area (Å²) in [6, 6.07) is 7.82. The molecule has 2 N–H and O–H groups in total. The van der Waals surface area contributed by atoms with Crippen molar-refractivity contribution < 1.29 is 23.0 Å². The molecule has 2 rings (SSSR count). The Bertz CT molecular complexity index is 892. The molecule has 0 fully saturated rings. The fraction of sp³-hybridized carbons (Fsp3) is 0.440. The maximum Gasteiger partial charge on any atom is 0.573 e. The molecule has 0 aliphatic rings. The van der Waals surface area contributed by atoms with Crippen LogP contribution in [0.25, 0.3) is 11.1 Å². The number of aliphatic hydroxyl groups excluding tert-OH is 1. The number of allylic oxidation sites excluding steroid dienone is 1.